The highest BCUT2D eigenvalue weighted by Crippen LogP contribution is 2.42. The molecule has 192 valence electrons. The van der Waals surface area contributed by atoms with Crippen LogP contribution >= 0.6 is 11.3 Å². The SMILES string of the molecule is CCOc1nc(N2CCNCC2)nc2c1sc1nc(-c3ccccc3)c(Cc3ccc(N=O)cc3)c(C)c12. The minimum absolute atomic E-state index is 0.423. The molecule has 0 saturated carbocycles. The molecule has 5 aromatic rings. The van der Waals surface area contributed by atoms with Crippen LogP contribution in [0.1, 0.15) is 23.6 Å². The number of nitrogens with one attached hydrogen (secondary N) is 1. The Morgan fingerprint density at radius 3 is 2.50 bits per heavy atom. The molecule has 0 amide bonds. The van der Waals surface area contributed by atoms with E-state index in [9.17, 15) is 4.91 Å². The number of pyridine rings is 1. The van der Waals surface area contributed by atoms with Crippen molar-refractivity contribution in [1.82, 2.24) is 20.3 Å². The summed E-state index contributed by atoms with van der Waals surface area (Å²) in [4.78, 5) is 29.2. The minimum atomic E-state index is 0.423. The van der Waals surface area contributed by atoms with Crippen LogP contribution in [0.15, 0.2) is 59.8 Å². The Balaban J connectivity index is 1.59. The van der Waals surface area contributed by atoms with E-state index in [1.807, 2.05) is 37.3 Å². The van der Waals surface area contributed by atoms with E-state index >= 15 is 0 Å². The number of piperazine rings is 1. The van der Waals surface area contributed by atoms with Crippen LogP contribution in [0.25, 0.3) is 31.7 Å². The van der Waals surface area contributed by atoms with Gasteiger partial charge in [-0.3, -0.25) is 0 Å². The summed E-state index contributed by atoms with van der Waals surface area (Å²) in [5, 5.41) is 7.49. The second kappa shape index (κ2) is 10.4. The zero-order valence-electron chi connectivity index (χ0n) is 21.4. The van der Waals surface area contributed by atoms with Crippen LogP contribution in [-0.2, 0) is 6.42 Å². The summed E-state index contributed by atoms with van der Waals surface area (Å²) < 4.78 is 6.96. The molecule has 0 spiro atoms. The van der Waals surface area contributed by atoms with Crippen molar-refractivity contribution in [3.8, 4) is 17.1 Å². The Labute approximate surface area is 224 Å². The summed E-state index contributed by atoms with van der Waals surface area (Å²) in [5.41, 5.74) is 6.70. The first-order valence-electron chi connectivity index (χ1n) is 12.9. The van der Waals surface area contributed by atoms with Gasteiger partial charge < -0.3 is 15.0 Å². The Morgan fingerprint density at radius 1 is 1.03 bits per heavy atom. The molecule has 4 heterocycles. The zero-order chi connectivity index (χ0) is 26.1. The van der Waals surface area contributed by atoms with Crippen molar-refractivity contribution in [2.45, 2.75) is 20.3 Å². The van der Waals surface area contributed by atoms with E-state index in [1.54, 1.807) is 23.5 Å². The smallest absolute Gasteiger partial charge is 0.236 e. The molecule has 9 heteroatoms. The minimum Gasteiger partial charge on any atom is -0.477 e. The molecule has 0 radical (unpaired) electrons. The predicted molar refractivity (Wildman–Crippen MR) is 154 cm³/mol. The normalized spacial score (nSPS) is 13.8. The summed E-state index contributed by atoms with van der Waals surface area (Å²) in [6.07, 6.45) is 0.670. The van der Waals surface area contributed by atoms with Crippen molar-refractivity contribution in [2.75, 3.05) is 37.7 Å². The molecule has 1 saturated heterocycles. The summed E-state index contributed by atoms with van der Waals surface area (Å²) in [5.74, 6) is 1.32. The van der Waals surface area contributed by atoms with Gasteiger partial charge in [-0.15, -0.1) is 16.2 Å². The maximum absolute atomic E-state index is 10.9. The van der Waals surface area contributed by atoms with Crippen molar-refractivity contribution in [1.29, 1.82) is 0 Å². The van der Waals surface area contributed by atoms with Gasteiger partial charge in [-0.05, 0) is 54.3 Å². The highest BCUT2D eigenvalue weighted by molar-refractivity contribution is 7.25. The molecule has 1 fully saturated rings. The maximum atomic E-state index is 10.9. The fourth-order valence-electron chi connectivity index (χ4n) is 5.01. The van der Waals surface area contributed by atoms with E-state index in [0.29, 0.717) is 30.5 Å². The lowest BCUT2D eigenvalue weighted by atomic mass is 9.94. The standard InChI is InChI=1S/C29H28N6O2S/c1-3-37-27-26-25(32-29(33-27)35-15-13-30-14-16-35)23-18(2)22(17-19-9-11-21(34-36)12-10-19)24(31-28(23)38-26)20-7-5-4-6-8-20/h4-12,30H,3,13-17H2,1-2H3. The molecule has 8 nitrogen and oxygen atoms in total. The molecule has 2 aromatic carbocycles. The zero-order valence-corrected chi connectivity index (χ0v) is 22.2. The summed E-state index contributed by atoms with van der Waals surface area (Å²) in [6, 6.07) is 17.7. The van der Waals surface area contributed by atoms with Crippen LogP contribution in [0.5, 0.6) is 5.88 Å². The fourth-order valence-corrected chi connectivity index (χ4v) is 6.13. The predicted octanol–water partition coefficient (Wildman–Crippen LogP) is 6.01. The van der Waals surface area contributed by atoms with Crippen molar-refractivity contribution < 1.29 is 4.74 Å². The van der Waals surface area contributed by atoms with Crippen LogP contribution in [0, 0.1) is 11.8 Å². The van der Waals surface area contributed by atoms with Crippen LogP contribution in [0.4, 0.5) is 11.6 Å². The average Bonchev–Trinajstić information content (AvgIpc) is 3.35. The van der Waals surface area contributed by atoms with Crippen molar-refractivity contribution in [3.63, 3.8) is 0 Å². The van der Waals surface area contributed by atoms with Gasteiger partial charge in [0, 0.05) is 37.1 Å². The first-order chi connectivity index (χ1) is 18.7. The number of nitrogens with zero attached hydrogens (tertiary/aromatic N) is 5. The highest BCUT2D eigenvalue weighted by atomic mass is 32.1. The number of anilines is 1. The van der Waals surface area contributed by atoms with Crippen LogP contribution < -0.4 is 15.0 Å². The summed E-state index contributed by atoms with van der Waals surface area (Å²) in [6.45, 7) is 8.17. The van der Waals surface area contributed by atoms with Gasteiger partial charge in [-0.1, -0.05) is 42.5 Å². The number of hydrogen-bond acceptors (Lipinski definition) is 9. The number of thiophene rings is 1. The molecule has 0 atom stereocenters. The Kier molecular flexibility index (Phi) is 6.70. The lowest BCUT2D eigenvalue weighted by molar-refractivity contribution is 0.331. The molecule has 0 aliphatic carbocycles. The molecular formula is C29H28N6O2S. The topological polar surface area (TPSA) is 92.6 Å². The van der Waals surface area contributed by atoms with Crippen molar-refractivity contribution in [3.05, 3.63) is 76.2 Å². The average molecular weight is 525 g/mol. The van der Waals surface area contributed by atoms with Gasteiger partial charge in [0.05, 0.1) is 12.3 Å². The maximum Gasteiger partial charge on any atom is 0.236 e. The number of benzene rings is 2. The molecule has 38 heavy (non-hydrogen) atoms. The molecule has 1 N–H and O–H groups in total. The molecular weight excluding hydrogens is 496 g/mol. The molecule has 1 aliphatic heterocycles. The monoisotopic (exact) mass is 524 g/mol. The van der Waals surface area contributed by atoms with E-state index < -0.39 is 0 Å². The first kappa shape index (κ1) is 24.4. The van der Waals surface area contributed by atoms with Crippen molar-refractivity contribution >= 4 is 43.4 Å². The van der Waals surface area contributed by atoms with Gasteiger partial charge in [0.25, 0.3) is 0 Å². The second-order valence-electron chi connectivity index (χ2n) is 9.32. The number of fused-ring (bicyclic) bond motifs is 3. The number of nitroso groups, excluding NO2 is 1. The largest absolute Gasteiger partial charge is 0.477 e. The number of aryl methyl sites for hydroxylation is 1. The number of aromatic nitrogens is 3. The third kappa shape index (κ3) is 4.48. The van der Waals surface area contributed by atoms with E-state index in [4.69, 9.17) is 19.7 Å². The summed E-state index contributed by atoms with van der Waals surface area (Å²) >= 11 is 1.59. The van der Waals surface area contributed by atoms with Crippen LogP contribution in [0.2, 0.25) is 0 Å². The highest BCUT2D eigenvalue weighted by Gasteiger charge is 2.24. The van der Waals surface area contributed by atoms with Gasteiger partial charge in [0.15, 0.2) is 0 Å². The van der Waals surface area contributed by atoms with E-state index in [1.165, 1.54) is 0 Å². The summed E-state index contributed by atoms with van der Waals surface area (Å²) in [7, 11) is 0. The Morgan fingerprint density at radius 2 is 1.79 bits per heavy atom. The van der Waals surface area contributed by atoms with E-state index in [0.717, 1.165) is 74.6 Å². The number of rotatable bonds is 7. The Bertz CT molecular complexity index is 1610. The second-order valence-corrected chi connectivity index (χ2v) is 10.3. The first-order valence-corrected chi connectivity index (χ1v) is 13.7. The molecule has 0 unspecified atom stereocenters. The molecule has 6 rings (SSSR count). The number of hydrogen-bond donors (Lipinski definition) is 1. The third-order valence-corrected chi connectivity index (χ3v) is 8.01. The lowest BCUT2D eigenvalue weighted by Gasteiger charge is -2.27. The Hall–Kier alpha value is -3.95. The fraction of sp³-hybridized carbons (Fsp3) is 0.276. The van der Waals surface area contributed by atoms with Crippen LogP contribution in [-0.4, -0.2) is 47.7 Å². The van der Waals surface area contributed by atoms with Gasteiger partial charge in [0.1, 0.15) is 20.7 Å². The van der Waals surface area contributed by atoms with Gasteiger partial charge in [-0.25, -0.2) is 9.97 Å². The van der Waals surface area contributed by atoms with Crippen molar-refractivity contribution in [2.24, 2.45) is 5.18 Å². The van der Waals surface area contributed by atoms with Gasteiger partial charge >= 0.3 is 0 Å². The quantitative estimate of drug-likeness (QED) is 0.261. The van der Waals surface area contributed by atoms with E-state index in [2.05, 4.69) is 34.5 Å². The van der Waals surface area contributed by atoms with Crippen LogP contribution in [0.3, 0.4) is 0 Å². The molecule has 1 aliphatic rings. The van der Waals surface area contributed by atoms with Gasteiger partial charge in [0.2, 0.25) is 11.8 Å². The lowest BCUT2D eigenvalue weighted by Crippen LogP contribution is -2.44. The number of ether oxygens (including phenoxy) is 1. The molecule has 3 aromatic heterocycles. The van der Waals surface area contributed by atoms with Gasteiger partial charge in [-0.2, -0.15) is 4.98 Å². The molecule has 0 bridgehead atoms. The third-order valence-electron chi connectivity index (χ3n) is 6.95. The van der Waals surface area contributed by atoms with E-state index in [-0.39, 0.29) is 0 Å².